The summed E-state index contributed by atoms with van der Waals surface area (Å²) in [5, 5.41) is 0.984. The van der Waals surface area contributed by atoms with Crippen LogP contribution >= 0.6 is 0 Å². The minimum atomic E-state index is -4.34. The fourth-order valence-corrected chi connectivity index (χ4v) is 3.82. The number of piperazine rings is 1. The zero-order valence-electron chi connectivity index (χ0n) is 16.4. The quantitative estimate of drug-likeness (QED) is 0.642. The van der Waals surface area contributed by atoms with Gasteiger partial charge in [-0.1, -0.05) is 42.5 Å². The van der Waals surface area contributed by atoms with Crippen molar-refractivity contribution in [3.8, 4) is 0 Å². The number of fused-ring (bicyclic) bond motifs is 1. The van der Waals surface area contributed by atoms with E-state index in [0.29, 0.717) is 50.4 Å². The fourth-order valence-electron chi connectivity index (χ4n) is 3.82. The number of hydrogen-bond acceptors (Lipinski definition) is 3. The number of nitrogens with zero attached hydrogens (tertiary/aromatic N) is 3. The number of carbonyl (C=O) groups excluding carboxylic acids is 1. The van der Waals surface area contributed by atoms with E-state index in [9.17, 15) is 18.0 Å². The Balaban J connectivity index is 1.34. The number of aromatic nitrogens is 1. The molecule has 1 aromatic heterocycles. The second-order valence-electron chi connectivity index (χ2n) is 7.43. The first-order valence-electron chi connectivity index (χ1n) is 9.94. The number of amides is 1. The minimum Gasteiger partial charge on any atom is -0.335 e. The van der Waals surface area contributed by atoms with Crippen LogP contribution in [0.3, 0.4) is 0 Å². The highest BCUT2D eigenvalue weighted by Gasteiger charge is 2.33. The molecule has 4 rings (SSSR count). The molecular formula is C23H22F3N3O. The fraction of sp³-hybridized carbons (Fsp3) is 0.304. The molecule has 1 saturated heterocycles. The van der Waals surface area contributed by atoms with E-state index in [0.717, 1.165) is 17.0 Å². The van der Waals surface area contributed by atoms with Crippen LogP contribution < -0.4 is 0 Å². The largest absolute Gasteiger partial charge is 0.416 e. The van der Waals surface area contributed by atoms with Crippen molar-refractivity contribution in [3.63, 3.8) is 0 Å². The van der Waals surface area contributed by atoms with Crippen LogP contribution in [0.25, 0.3) is 10.9 Å². The van der Waals surface area contributed by atoms with E-state index >= 15 is 0 Å². The van der Waals surface area contributed by atoms with Gasteiger partial charge in [-0.2, -0.15) is 13.2 Å². The molecule has 1 fully saturated rings. The molecule has 1 aliphatic rings. The summed E-state index contributed by atoms with van der Waals surface area (Å²) in [6.07, 6.45) is -4.01. The third-order valence-electron chi connectivity index (χ3n) is 5.50. The third-order valence-corrected chi connectivity index (χ3v) is 5.50. The van der Waals surface area contributed by atoms with Gasteiger partial charge in [-0.05, 0) is 30.2 Å². The SMILES string of the molecule is O=C(c1ccc2ccccc2n1)N1CCN(CCc2ccccc2C(F)(F)F)CC1. The van der Waals surface area contributed by atoms with Crippen LogP contribution in [0.2, 0.25) is 0 Å². The third kappa shape index (κ3) is 4.46. The zero-order chi connectivity index (χ0) is 21.1. The van der Waals surface area contributed by atoms with Crippen molar-refractivity contribution in [2.75, 3.05) is 32.7 Å². The Morgan fingerprint density at radius 2 is 1.60 bits per heavy atom. The lowest BCUT2D eigenvalue weighted by molar-refractivity contribution is -0.138. The summed E-state index contributed by atoms with van der Waals surface area (Å²) in [6.45, 7) is 2.87. The summed E-state index contributed by atoms with van der Waals surface area (Å²) in [7, 11) is 0. The van der Waals surface area contributed by atoms with Crippen molar-refractivity contribution >= 4 is 16.8 Å². The van der Waals surface area contributed by atoms with Crippen LogP contribution in [0, 0.1) is 0 Å². The lowest BCUT2D eigenvalue weighted by atomic mass is 10.0. The molecule has 0 radical (unpaired) electrons. The number of hydrogen-bond donors (Lipinski definition) is 0. The van der Waals surface area contributed by atoms with Gasteiger partial charge in [0.1, 0.15) is 5.69 Å². The second-order valence-corrected chi connectivity index (χ2v) is 7.43. The van der Waals surface area contributed by atoms with Crippen molar-refractivity contribution in [3.05, 3.63) is 77.5 Å². The first kappa shape index (κ1) is 20.3. The number of halogens is 3. The summed E-state index contributed by atoms with van der Waals surface area (Å²) in [4.78, 5) is 21.1. The highest BCUT2D eigenvalue weighted by Crippen LogP contribution is 2.32. The van der Waals surface area contributed by atoms with Crippen LogP contribution in [0.15, 0.2) is 60.7 Å². The maximum absolute atomic E-state index is 13.1. The standard InChI is InChI=1S/C23H22F3N3O/c24-23(25,26)19-7-3-1-5-17(19)11-12-28-13-15-29(16-14-28)22(30)21-10-9-18-6-2-4-8-20(18)27-21/h1-10H,11-16H2. The maximum atomic E-state index is 13.1. The lowest BCUT2D eigenvalue weighted by Gasteiger charge is -2.34. The molecule has 0 aliphatic carbocycles. The van der Waals surface area contributed by atoms with Crippen molar-refractivity contribution in [1.29, 1.82) is 0 Å². The normalized spacial score (nSPS) is 15.5. The molecule has 2 heterocycles. The molecule has 0 atom stereocenters. The maximum Gasteiger partial charge on any atom is 0.416 e. The van der Waals surface area contributed by atoms with Crippen molar-refractivity contribution in [2.45, 2.75) is 12.6 Å². The van der Waals surface area contributed by atoms with Crippen LogP contribution in [0.1, 0.15) is 21.6 Å². The van der Waals surface area contributed by atoms with Gasteiger partial charge < -0.3 is 4.90 Å². The van der Waals surface area contributed by atoms with Gasteiger partial charge in [0.15, 0.2) is 0 Å². The van der Waals surface area contributed by atoms with Gasteiger partial charge in [-0.3, -0.25) is 9.69 Å². The summed E-state index contributed by atoms with van der Waals surface area (Å²) >= 11 is 0. The summed E-state index contributed by atoms with van der Waals surface area (Å²) in [5.41, 5.74) is 0.941. The molecule has 7 heteroatoms. The van der Waals surface area contributed by atoms with E-state index < -0.39 is 11.7 Å². The molecule has 1 aliphatic heterocycles. The average Bonchev–Trinajstić information content (AvgIpc) is 2.77. The molecule has 4 nitrogen and oxygen atoms in total. The number of carbonyl (C=O) groups is 1. The van der Waals surface area contributed by atoms with E-state index in [2.05, 4.69) is 9.88 Å². The van der Waals surface area contributed by atoms with E-state index in [1.807, 2.05) is 30.3 Å². The van der Waals surface area contributed by atoms with E-state index in [1.165, 1.54) is 12.1 Å². The lowest BCUT2D eigenvalue weighted by Crippen LogP contribution is -2.49. The number of para-hydroxylation sites is 1. The number of alkyl halides is 3. The molecule has 1 amide bonds. The molecule has 2 aromatic carbocycles. The Bertz CT molecular complexity index is 1040. The molecule has 0 saturated carbocycles. The Labute approximate surface area is 172 Å². The molecule has 156 valence electrons. The van der Waals surface area contributed by atoms with Gasteiger partial charge in [0.2, 0.25) is 0 Å². The molecule has 0 spiro atoms. The predicted octanol–water partition coefficient (Wildman–Crippen LogP) is 4.25. The molecule has 30 heavy (non-hydrogen) atoms. The molecular weight excluding hydrogens is 391 g/mol. The van der Waals surface area contributed by atoms with Gasteiger partial charge in [0, 0.05) is 38.1 Å². The van der Waals surface area contributed by atoms with Gasteiger partial charge in [0.25, 0.3) is 5.91 Å². The zero-order valence-corrected chi connectivity index (χ0v) is 16.4. The summed E-state index contributed by atoms with van der Waals surface area (Å²) in [5.74, 6) is -0.108. The second kappa shape index (κ2) is 8.44. The van der Waals surface area contributed by atoms with Gasteiger partial charge >= 0.3 is 6.18 Å². The van der Waals surface area contributed by atoms with Crippen LogP contribution in [0.4, 0.5) is 13.2 Å². The number of pyridine rings is 1. The average molecular weight is 413 g/mol. The smallest absolute Gasteiger partial charge is 0.335 e. The molecule has 0 bridgehead atoms. The number of benzene rings is 2. The van der Waals surface area contributed by atoms with E-state index in [1.54, 1.807) is 17.0 Å². The molecule has 0 unspecified atom stereocenters. The predicted molar refractivity (Wildman–Crippen MR) is 109 cm³/mol. The van der Waals surface area contributed by atoms with E-state index in [-0.39, 0.29) is 5.91 Å². The van der Waals surface area contributed by atoms with Crippen molar-refractivity contribution in [1.82, 2.24) is 14.8 Å². The Hall–Kier alpha value is -2.93. The van der Waals surface area contributed by atoms with E-state index in [4.69, 9.17) is 0 Å². The Kier molecular flexibility index (Phi) is 5.72. The molecule has 0 N–H and O–H groups in total. The first-order valence-corrected chi connectivity index (χ1v) is 9.94. The Morgan fingerprint density at radius 1 is 0.900 bits per heavy atom. The van der Waals surface area contributed by atoms with Crippen molar-refractivity contribution < 1.29 is 18.0 Å². The summed E-state index contributed by atoms with van der Waals surface area (Å²) in [6, 6.07) is 17.0. The van der Waals surface area contributed by atoms with Gasteiger partial charge in [0.05, 0.1) is 11.1 Å². The van der Waals surface area contributed by atoms with Crippen molar-refractivity contribution in [2.24, 2.45) is 0 Å². The summed E-state index contributed by atoms with van der Waals surface area (Å²) < 4.78 is 39.4. The topological polar surface area (TPSA) is 36.4 Å². The first-order chi connectivity index (χ1) is 14.4. The van der Waals surface area contributed by atoms with Gasteiger partial charge in [-0.25, -0.2) is 4.98 Å². The van der Waals surface area contributed by atoms with Crippen LogP contribution in [-0.4, -0.2) is 53.4 Å². The highest BCUT2D eigenvalue weighted by molar-refractivity contribution is 5.95. The monoisotopic (exact) mass is 413 g/mol. The van der Waals surface area contributed by atoms with Gasteiger partial charge in [-0.15, -0.1) is 0 Å². The van der Waals surface area contributed by atoms with Crippen LogP contribution in [-0.2, 0) is 12.6 Å². The number of rotatable bonds is 4. The highest BCUT2D eigenvalue weighted by atomic mass is 19.4. The molecule has 3 aromatic rings. The van der Waals surface area contributed by atoms with Crippen LogP contribution in [0.5, 0.6) is 0 Å². The minimum absolute atomic E-state index is 0.108. The Morgan fingerprint density at radius 3 is 2.37 bits per heavy atom.